The average Bonchev–Trinajstić information content (AvgIpc) is 3.01. The van der Waals surface area contributed by atoms with Crippen molar-refractivity contribution < 1.29 is 22.7 Å². The van der Waals surface area contributed by atoms with Gasteiger partial charge < -0.3 is 15.4 Å². The van der Waals surface area contributed by atoms with E-state index >= 15 is 0 Å². The quantitative estimate of drug-likeness (QED) is 0.664. The van der Waals surface area contributed by atoms with Crippen LogP contribution in [-0.2, 0) is 26.0 Å². The van der Waals surface area contributed by atoms with Gasteiger partial charge in [0, 0.05) is 11.4 Å². The number of fused-ring (bicyclic) bond motifs is 1. The van der Waals surface area contributed by atoms with Crippen LogP contribution in [0.4, 0.5) is 11.4 Å². The van der Waals surface area contributed by atoms with E-state index in [0.29, 0.717) is 29.3 Å². The number of rotatable bonds is 7. The molecule has 0 saturated heterocycles. The van der Waals surface area contributed by atoms with Crippen LogP contribution in [0, 0.1) is 0 Å². The Hall–Kier alpha value is -2.91. The summed E-state index contributed by atoms with van der Waals surface area (Å²) >= 11 is 0. The van der Waals surface area contributed by atoms with Crippen molar-refractivity contribution in [3.8, 4) is 5.75 Å². The van der Waals surface area contributed by atoms with Crippen molar-refractivity contribution in [3.63, 3.8) is 0 Å². The van der Waals surface area contributed by atoms with Gasteiger partial charge in [-0.3, -0.25) is 9.59 Å². The predicted molar refractivity (Wildman–Crippen MR) is 100 cm³/mol. The van der Waals surface area contributed by atoms with Crippen LogP contribution in [0.1, 0.15) is 12.5 Å². The van der Waals surface area contributed by atoms with Gasteiger partial charge in [-0.15, -0.1) is 0 Å². The van der Waals surface area contributed by atoms with Crippen LogP contribution < -0.4 is 20.1 Å². The Labute approximate surface area is 157 Å². The normalized spacial score (nSPS) is 13.0. The van der Waals surface area contributed by atoms with E-state index in [1.165, 1.54) is 18.2 Å². The van der Waals surface area contributed by atoms with Gasteiger partial charge in [0.15, 0.2) is 0 Å². The highest BCUT2D eigenvalue weighted by Crippen LogP contribution is 2.25. The Morgan fingerprint density at radius 1 is 1.19 bits per heavy atom. The molecule has 0 saturated carbocycles. The molecule has 0 aliphatic carbocycles. The number of sulfonamides is 1. The van der Waals surface area contributed by atoms with Crippen molar-refractivity contribution in [2.45, 2.75) is 18.2 Å². The van der Waals surface area contributed by atoms with E-state index in [1.54, 1.807) is 24.3 Å². The van der Waals surface area contributed by atoms with Gasteiger partial charge in [0.25, 0.3) is 0 Å². The maximum atomic E-state index is 12.4. The Kier molecular flexibility index (Phi) is 5.43. The molecule has 0 radical (unpaired) electrons. The van der Waals surface area contributed by atoms with E-state index in [2.05, 4.69) is 15.4 Å². The van der Waals surface area contributed by atoms with E-state index < -0.39 is 22.5 Å². The second-order valence-electron chi connectivity index (χ2n) is 5.87. The fourth-order valence-electron chi connectivity index (χ4n) is 2.62. The molecular formula is C18H19N3O5S. The average molecular weight is 389 g/mol. The van der Waals surface area contributed by atoms with Gasteiger partial charge in [-0.2, -0.15) is 0 Å². The molecule has 0 fully saturated rings. The third-order valence-electron chi connectivity index (χ3n) is 3.88. The van der Waals surface area contributed by atoms with Crippen molar-refractivity contribution in [1.29, 1.82) is 0 Å². The molecule has 9 heteroatoms. The number of hydrogen-bond donors (Lipinski definition) is 3. The SMILES string of the molecule is CCOc1ccc(NC(=O)CNS(=O)(=O)c2ccc3c(c2)CC(=O)N3)cc1. The maximum absolute atomic E-state index is 12.4. The third-order valence-corrected chi connectivity index (χ3v) is 5.28. The van der Waals surface area contributed by atoms with Crippen LogP contribution in [0.25, 0.3) is 0 Å². The highest BCUT2D eigenvalue weighted by Gasteiger charge is 2.22. The summed E-state index contributed by atoms with van der Waals surface area (Å²) in [7, 11) is -3.87. The fraction of sp³-hybridized carbons (Fsp3) is 0.222. The van der Waals surface area contributed by atoms with Crippen LogP contribution in [0.15, 0.2) is 47.4 Å². The summed E-state index contributed by atoms with van der Waals surface area (Å²) < 4.78 is 32.3. The van der Waals surface area contributed by atoms with E-state index in [9.17, 15) is 18.0 Å². The zero-order chi connectivity index (χ0) is 19.4. The van der Waals surface area contributed by atoms with Crippen LogP contribution in [-0.4, -0.2) is 33.4 Å². The number of carbonyl (C=O) groups is 2. The summed E-state index contributed by atoms with van der Waals surface area (Å²) in [5.74, 6) is 0.00348. The molecule has 8 nitrogen and oxygen atoms in total. The Balaban J connectivity index is 1.59. The van der Waals surface area contributed by atoms with Crippen LogP contribution in [0.2, 0.25) is 0 Å². The molecule has 0 spiro atoms. The van der Waals surface area contributed by atoms with Crippen molar-refractivity contribution in [3.05, 3.63) is 48.0 Å². The lowest BCUT2D eigenvalue weighted by atomic mass is 10.2. The number of ether oxygens (including phenoxy) is 1. The molecule has 1 aliphatic rings. The fourth-order valence-corrected chi connectivity index (χ4v) is 3.66. The summed E-state index contributed by atoms with van der Waals surface area (Å²) in [6, 6.07) is 11.1. The van der Waals surface area contributed by atoms with Gasteiger partial charge in [-0.25, -0.2) is 13.1 Å². The topological polar surface area (TPSA) is 114 Å². The molecule has 1 aliphatic heterocycles. The smallest absolute Gasteiger partial charge is 0.241 e. The first-order valence-corrected chi connectivity index (χ1v) is 9.81. The number of anilines is 2. The Bertz CT molecular complexity index is 971. The Morgan fingerprint density at radius 2 is 1.93 bits per heavy atom. The lowest BCUT2D eigenvalue weighted by Gasteiger charge is -2.09. The Morgan fingerprint density at radius 3 is 2.63 bits per heavy atom. The van der Waals surface area contributed by atoms with Gasteiger partial charge in [0.1, 0.15) is 5.75 Å². The van der Waals surface area contributed by atoms with E-state index in [-0.39, 0.29) is 17.2 Å². The van der Waals surface area contributed by atoms with Gasteiger partial charge in [-0.05, 0) is 55.0 Å². The van der Waals surface area contributed by atoms with Crippen LogP contribution in [0.5, 0.6) is 5.75 Å². The second kappa shape index (κ2) is 7.77. The first-order valence-electron chi connectivity index (χ1n) is 8.32. The monoisotopic (exact) mass is 389 g/mol. The summed E-state index contributed by atoms with van der Waals surface area (Å²) in [5.41, 5.74) is 1.75. The minimum absolute atomic E-state index is 0.00613. The highest BCUT2D eigenvalue weighted by molar-refractivity contribution is 7.89. The molecule has 2 aromatic rings. The minimum Gasteiger partial charge on any atom is -0.494 e. The molecule has 0 bridgehead atoms. The summed E-state index contributed by atoms with van der Waals surface area (Å²) in [5, 5.41) is 5.24. The number of carbonyl (C=O) groups excluding carboxylic acids is 2. The van der Waals surface area contributed by atoms with Gasteiger partial charge in [-0.1, -0.05) is 0 Å². The van der Waals surface area contributed by atoms with E-state index in [4.69, 9.17) is 4.74 Å². The van der Waals surface area contributed by atoms with Crippen molar-refractivity contribution in [2.75, 3.05) is 23.8 Å². The first-order chi connectivity index (χ1) is 12.9. The van der Waals surface area contributed by atoms with E-state index in [1.807, 2.05) is 6.92 Å². The molecule has 27 heavy (non-hydrogen) atoms. The maximum Gasteiger partial charge on any atom is 0.241 e. The summed E-state index contributed by atoms with van der Waals surface area (Å²) in [6.45, 7) is 2.00. The lowest BCUT2D eigenvalue weighted by molar-refractivity contribution is -0.115. The molecule has 0 aromatic heterocycles. The third kappa shape index (κ3) is 4.63. The van der Waals surface area contributed by atoms with Gasteiger partial charge in [0.05, 0.1) is 24.5 Å². The van der Waals surface area contributed by atoms with Gasteiger partial charge in [0.2, 0.25) is 21.8 Å². The molecule has 3 N–H and O–H groups in total. The van der Waals surface area contributed by atoms with Crippen molar-refractivity contribution >= 4 is 33.2 Å². The standard InChI is InChI=1S/C18H19N3O5S/c1-2-26-14-5-3-13(4-6-14)20-18(23)11-19-27(24,25)15-7-8-16-12(9-15)10-17(22)21-16/h3-9,19H,2,10-11H2,1H3,(H,20,23)(H,21,22). The lowest BCUT2D eigenvalue weighted by Crippen LogP contribution is -2.32. The molecule has 142 valence electrons. The molecule has 2 aromatic carbocycles. The number of hydrogen-bond acceptors (Lipinski definition) is 5. The predicted octanol–water partition coefficient (Wildman–Crippen LogP) is 1.50. The van der Waals surface area contributed by atoms with E-state index in [0.717, 1.165) is 0 Å². The number of benzene rings is 2. The molecule has 0 unspecified atom stereocenters. The zero-order valence-corrected chi connectivity index (χ0v) is 15.4. The second-order valence-corrected chi connectivity index (χ2v) is 7.64. The molecular weight excluding hydrogens is 370 g/mol. The summed E-state index contributed by atoms with van der Waals surface area (Å²) in [6.07, 6.45) is 0.136. The van der Waals surface area contributed by atoms with Gasteiger partial charge >= 0.3 is 0 Å². The molecule has 1 heterocycles. The largest absolute Gasteiger partial charge is 0.494 e. The minimum atomic E-state index is -3.87. The highest BCUT2D eigenvalue weighted by atomic mass is 32.2. The van der Waals surface area contributed by atoms with Crippen LogP contribution in [0.3, 0.4) is 0 Å². The first kappa shape index (κ1) is 18.9. The molecule has 3 rings (SSSR count). The number of nitrogens with one attached hydrogen (secondary N) is 3. The number of amides is 2. The van der Waals surface area contributed by atoms with Crippen LogP contribution >= 0.6 is 0 Å². The van der Waals surface area contributed by atoms with Crippen molar-refractivity contribution in [1.82, 2.24) is 4.72 Å². The van der Waals surface area contributed by atoms with Crippen molar-refractivity contribution in [2.24, 2.45) is 0 Å². The summed E-state index contributed by atoms with van der Waals surface area (Å²) in [4.78, 5) is 23.4. The zero-order valence-electron chi connectivity index (χ0n) is 14.6. The molecule has 2 amide bonds. The molecule has 0 atom stereocenters.